The standard InChI is InChI=1S/C16H23FN4O/c1-10(2)8-12(18)16(22)19-7-6-15-20-13-5-4-11(17)9-14(13)21(15)3/h4-5,9-10,12H,6-8,18H2,1-3H3,(H,19,22)/t12-/m0/s1. The van der Waals surface area contributed by atoms with Gasteiger partial charge in [-0.2, -0.15) is 0 Å². The molecule has 0 radical (unpaired) electrons. The quantitative estimate of drug-likeness (QED) is 0.854. The predicted octanol–water partition coefficient (Wildman–Crippen LogP) is 1.74. The number of fused-ring (bicyclic) bond motifs is 1. The molecule has 0 spiro atoms. The monoisotopic (exact) mass is 306 g/mol. The van der Waals surface area contributed by atoms with Crippen LogP contribution < -0.4 is 11.1 Å². The van der Waals surface area contributed by atoms with Gasteiger partial charge >= 0.3 is 0 Å². The molecule has 0 aliphatic heterocycles. The van der Waals surface area contributed by atoms with E-state index in [0.29, 0.717) is 25.3 Å². The average molecular weight is 306 g/mol. The second-order valence-electron chi connectivity index (χ2n) is 6.00. The fourth-order valence-corrected chi connectivity index (χ4v) is 2.48. The van der Waals surface area contributed by atoms with Gasteiger partial charge in [0, 0.05) is 20.0 Å². The van der Waals surface area contributed by atoms with Crippen molar-refractivity contribution in [2.24, 2.45) is 18.7 Å². The molecule has 1 aromatic carbocycles. The number of aryl methyl sites for hydroxylation is 1. The highest BCUT2D eigenvalue weighted by atomic mass is 19.1. The van der Waals surface area contributed by atoms with Crippen LogP contribution in [0.2, 0.25) is 0 Å². The minimum atomic E-state index is -0.477. The molecular formula is C16H23FN4O. The summed E-state index contributed by atoms with van der Waals surface area (Å²) in [5.41, 5.74) is 7.33. The number of rotatable bonds is 6. The normalized spacial score (nSPS) is 12.8. The Morgan fingerprint density at radius 1 is 1.45 bits per heavy atom. The van der Waals surface area contributed by atoms with Crippen LogP contribution in [0.25, 0.3) is 11.0 Å². The summed E-state index contributed by atoms with van der Waals surface area (Å²) >= 11 is 0. The van der Waals surface area contributed by atoms with Crippen LogP contribution in [0, 0.1) is 11.7 Å². The molecule has 1 amide bonds. The van der Waals surface area contributed by atoms with E-state index in [4.69, 9.17) is 5.73 Å². The van der Waals surface area contributed by atoms with Gasteiger partial charge < -0.3 is 15.6 Å². The van der Waals surface area contributed by atoms with E-state index in [2.05, 4.69) is 10.3 Å². The zero-order chi connectivity index (χ0) is 16.3. The second kappa shape index (κ2) is 6.87. The molecule has 0 bridgehead atoms. The number of nitrogens with zero attached hydrogens (tertiary/aromatic N) is 2. The summed E-state index contributed by atoms with van der Waals surface area (Å²) in [6, 6.07) is 4.04. The molecule has 22 heavy (non-hydrogen) atoms. The molecule has 6 heteroatoms. The number of carbonyl (C=O) groups is 1. The van der Waals surface area contributed by atoms with Gasteiger partial charge in [-0.25, -0.2) is 9.37 Å². The molecular weight excluding hydrogens is 283 g/mol. The minimum Gasteiger partial charge on any atom is -0.354 e. The number of nitrogens with one attached hydrogen (secondary N) is 1. The molecule has 2 rings (SSSR count). The highest BCUT2D eigenvalue weighted by Crippen LogP contribution is 2.16. The van der Waals surface area contributed by atoms with Crippen molar-refractivity contribution in [3.05, 3.63) is 29.8 Å². The molecule has 0 aliphatic rings. The zero-order valence-electron chi connectivity index (χ0n) is 13.3. The average Bonchev–Trinajstić information content (AvgIpc) is 2.75. The van der Waals surface area contributed by atoms with Gasteiger partial charge in [-0.05, 0) is 30.5 Å². The van der Waals surface area contributed by atoms with E-state index in [0.717, 1.165) is 16.9 Å². The summed E-state index contributed by atoms with van der Waals surface area (Å²) in [6.07, 6.45) is 1.24. The lowest BCUT2D eigenvalue weighted by atomic mass is 10.0. The lowest BCUT2D eigenvalue weighted by Crippen LogP contribution is -2.42. The molecule has 3 N–H and O–H groups in total. The molecule has 0 saturated heterocycles. The van der Waals surface area contributed by atoms with Gasteiger partial charge in [-0.1, -0.05) is 13.8 Å². The summed E-state index contributed by atoms with van der Waals surface area (Å²) in [4.78, 5) is 16.3. The van der Waals surface area contributed by atoms with Crippen LogP contribution in [0.1, 0.15) is 26.1 Å². The Labute approximate surface area is 129 Å². The van der Waals surface area contributed by atoms with Crippen molar-refractivity contribution in [1.29, 1.82) is 0 Å². The Morgan fingerprint density at radius 2 is 2.18 bits per heavy atom. The molecule has 0 saturated carbocycles. The summed E-state index contributed by atoms with van der Waals surface area (Å²) in [5, 5.41) is 2.83. The maximum Gasteiger partial charge on any atom is 0.236 e. The summed E-state index contributed by atoms with van der Waals surface area (Å²) in [5.74, 6) is 0.766. The molecule has 0 fully saturated rings. The van der Waals surface area contributed by atoms with Crippen LogP contribution in [-0.4, -0.2) is 28.0 Å². The first-order chi connectivity index (χ1) is 10.4. The van der Waals surface area contributed by atoms with Gasteiger partial charge in [0.15, 0.2) is 0 Å². The third kappa shape index (κ3) is 3.82. The van der Waals surface area contributed by atoms with E-state index in [1.54, 1.807) is 6.07 Å². The molecule has 0 aliphatic carbocycles. The second-order valence-corrected chi connectivity index (χ2v) is 6.00. The van der Waals surface area contributed by atoms with Crippen molar-refractivity contribution in [2.75, 3.05) is 6.54 Å². The SMILES string of the molecule is CC(C)C[C@H](N)C(=O)NCCc1nc2ccc(F)cc2n1C. The Bertz CT molecular complexity index is 665. The minimum absolute atomic E-state index is 0.140. The van der Waals surface area contributed by atoms with Gasteiger partial charge in [0.1, 0.15) is 11.6 Å². The van der Waals surface area contributed by atoms with Crippen LogP contribution in [0.15, 0.2) is 18.2 Å². The first-order valence-electron chi connectivity index (χ1n) is 7.52. The van der Waals surface area contributed by atoms with Crippen molar-refractivity contribution in [1.82, 2.24) is 14.9 Å². The van der Waals surface area contributed by atoms with Gasteiger partial charge in [-0.15, -0.1) is 0 Å². The van der Waals surface area contributed by atoms with E-state index in [1.165, 1.54) is 12.1 Å². The largest absolute Gasteiger partial charge is 0.354 e. The van der Waals surface area contributed by atoms with Crippen molar-refractivity contribution in [2.45, 2.75) is 32.7 Å². The molecule has 0 unspecified atom stereocenters. The van der Waals surface area contributed by atoms with Crippen molar-refractivity contribution >= 4 is 16.9 Å². The van der Waals surface area contributed by atoms with E-state index < -0.39 is 6.04 Å². The van der Waals surface area contributed by atoms with E-state index in [1.807, 2.05) is 25.5 Å². The topological polar surface area (TPSA) is 72.9 Å². The summed E-state index contributed by atoms with van der Waals surface area (Å²) < 4.78 is 15.1. The van der Waals surface area contributed by atoms with E-state index >= 15 is 0 Å². The number of halogens is 1. The highest BCUT2D eigenvalue weighted by molar-refractivity contribution is 5.81. The van der Waals surface area contributed by atoms with E-state index in [9.17, 15) is 9.18 Å². The Balaban J connectivity index is 1.95. The fourth-order valence-electron chi connectivity index (χ4n) is 2.48. The molecule has 5 nitrogen and oxygen atoms in total. The molecule has 2 aromatic rings. The maximum absolute atomic E-state index is 13.3. The maximum atomic E-state index is 13.3. The Hall–Kier alpha value is -1.95. The fraction of sp³-hybridized carbons (Fsp3) is 0.500. The Kier molecular flexibility index (Phi) is 5.13. The van der Waals surface area contributed by atoms with Gasteiger partial charge in [0.25, 0.3) is 0 Å². The van der Waals surface area contributed by atoms with Gasteiger partial charge in [0.05, 0.1) is 17.1 Å². The number of hydrogen-bond donors (Lipinski definition) is 2. The number of amides is 1. The zero-order valence-corrected chi connectivity index (χ0v) is 13.3. The lowest BCUT2D eigenvalue weighted by molar-refractivity contribution is -0.122. The molecule has 120 valence electrons. The van der Waals surface area contributed by atoms with Crippen molar-refractivity contribution < 1.29 is 9.18 Å². The molecule has 1 heterocycles. The number of hydrogen-bond acceptors (Lipinski definition) is 3. The Morgan fingerprint density at radius 3 is 2.86 bits per heavy atom. The predicted molar refractivity (Wildman–Crippen MR) is 84.8 cm³/mol. The third-order valence-corrected chi connectivity index (χ3v) is 3.65. The van der Waals surface area contributed by atoms with Crippen molar-refractivity contribution in [3.63, 3.8) is 0 Å². The van der Waals surface area contributed by atoms with Crippen LogP contribution >= 0.6 is 0 Å². The smallest absolute Gasteiger partial charge is 0.236 e. The van der Waals surface area contributed by atoms with Crippen LogP contribution in [0.3, 0.4) is 0 Å². The molecule has 1 aromatic heterocycles. The number of carbonyl (C=O) groups excluding carboxylic acids is 1. The van der Waals surface area contributed by atoms with Gasteiger partial charge in [-0.3, -0.25) is 4.79 Å². The third-order valence-electron chi connectivity index (χ3n) is 3.65. The van der Waals surface area contributed by atoms with Crippen LogP contribution in [-0.2, 0) is 18.3 Å². The number of benzene rings is 1. The summed E-state index contributed by atoms with van der Waals surface area (Å²) in [6.45, 7) is 4.53. The van der Waals surface area contributed by atoms with Gasteiger partial charge in [0.2, 0.25) is 5.91 Å². The van der Waals surface area contributed by atoms with Crippen LogP contribution in [0.5, 0.6) is 0 Å². The molecule has 1 atom stereocenters. The lowest BCUT2D eigenvalue weighted by Gasteiger charge is -2.14. The number of nitrogens with two attached hydrogens (primary N) is 1. The van der Waals surface area contributed by atoms with Crippen LogP contribution in [0.4, 0.5) is 4.39 Å². The summed E-state index contributed by atoms with van der Waals surface area (Å²) in [7, 11) is 1.84. The van der Waals surface area contributed by atoms with E-state index in [-0.39, 0.29) is 11.7 Å². The number of imidazole rings is 1. The first kappa shape index (κ1) is 16.4. The first-order valence-corrected chi connectivity index (χ1v) is 7.52. The van der Waals surface area contributed by atoms with Crippen molar-refractivity contribution in [3.8, 4) is 0 Å². The highest BCUT2D eigenvalue weighted by Gasteiger charge is 2.15. The number of aromatic nitrogens is 2.